The highest BCUT2D eigenvalue weighted by Crippen LogP contribution is 2.21. The van der Waals surface area contributed by atoms with Crippen LogP contribution in [-0.4, -0.2) is 73.8 Å². The van der Waals surface area contributed by atoms with E-state index in [4.69, 9.17) is 9.73 Å². The molecule has 1 unspecified atom stereocenters. The van der Waals surface area contributed by atoms with Gasteiger partial charge in [-0.3, -0.25) is 9.89 Å². The van der Waals surface area contributed by atoms with Crippen LogP contribution in [0.2, 0.25) is 0 Å². The third-order valence-corrected chi connectivity index (χ3v) is 5.96. The Balaban J connectivity index is 1.42. The third kappa shape index (κ3) is 5.85. The molecule has 0 aromatic rings. The zero-order valence-electron chi connectivity index (χ0n) is 16.2. The highest BCUT2D eigenvalue weighted by atomic mass is 16.5. The first kappa shape index (κ1) is 19.0. The van der Waals surface area contributed by atoms with E-state index in [2.05, 4.69) is 22.0 Å². The van der Waals surface area contributed by atoms with Gasteiger partial charge in [0.2, 0.25) is 0 Å². The van der Waals surface area contributed by atoms with Crippen LogP contribution in [0.3, 0.4) is 0 Å². The number of ether oxygens (including phenoxy) is 1. The van der Waals surface area contributed by atoms with Gasteiger partial charge >= 0.3 is 0 Å². The molecule has 0 bridgehead atoms. The number of nitrogens with zero attached hydrogens (tertiary/aromatic N) is 3. The van der Waals surface area contributed by atoms with Crippen LogP contribution in [-0.2, 0) is 4.74 Å². The standard InChI is InChI=1S/C20H38N4O/c1-2-21-20(22-12-16-25-19-9-5-3-4-6-10-19)24-15-11-18(17-24)23-13-7-8-14-23/h18-19H,2-17H2,1H3,(H,21,22). The van der Waals surface area contributed by atoms with E-state index in [0.29, 0.717) is 6.10 Å². The quantitative estimate of drug-likeness (QED) is 0.346. The molecule has 2 heterocycles. The van der Waals surface area contributed by atoms with Crippen molar-refractivity contribution in [1.29, 1.82) is 0 Å². The van der Waals surface area contributed by atoms with E-state index < -0.39 is 0 Å². The summed E-state index contributed by atoms with van der Waals surface area (Å²) >= 11 is 0. The molecule has 1 N–H and O–H groups in total. The molecule has 1 atom stereocenters. The van der Waals surface area contributed by atoms with E-state index >= 15 is 0 Å². The van der Waals surface area contributed by atoms with E-state index in [1.807, 2.05) is 0 Å². The van der Waals surface area contributed by atoms with Crippen LogP contribution >= 0.6 is 0 Å². The van der Waals surface area contributed by atoms with E-state index in [9.17, 15) is 0 Å². The van der Waals surface area contributed by atoms with E-state index in [1.54, 1.807) is 0 Å². The minimum absolute atomic E-state index is 0.478. The normalized spacial score (nSPS) is 27.0. The van der Waals surface area contributed by atoms with Crippen molar-refractivity contribution < 1.29 is 4.74 Å². The molecule has 3 rings (SSSR count). The summed E-state index contributed by atoms with van der Waals surface area (Å²) in [4.78, 5) is 9.99. The maximum atomic E-state index is 6.09. The summed E-state index contributed by atoms with van der Waals surface area (Å²) < 4.78 is 6.09. The predicted molar refractivity (Wildman–Crippen MR) is 104 cm³/mol. The second kappa shape index (κ2) is 10.4. The maximum Gasteiger partial charge on any atom is 0.194 e. The van der Waals surface area contributed by atoms with E-state index in [0.717, 1.165) is 44.8 Å². The molecule has 0 aromatic carbocycles. The number of nitrogens with one attached hydrogen (secondary N) is 1. The minimum Gasteiger partial charge on any atom is -0.376 e. The molecule has 5 heteroatoms. The first-order valence-electron chi connectivity index (χ1n) is 10.8. The fourth-order valence-corrected chi connectivity index (χ4v) is 4.54. The SMILES string of the molecule is CCNC(=NCCOC1CCCCCC1)N1CCC(N2CCCC2)C1. The molecular formula is C20H38N4O. The van der Waals surface area contributed by atoms with Gasteiger partial charge in [-0.25, -0.2) is 0 Å². The second-order valence-corrected chi connectivity index (χ2v) is 7.85. The largest absolute Gasteiger partial charge is 0.376 e. The summed E-state index contributed by atoms with van der Waals surface area (Å²) in [7, 11) is 0. The summed E-state index contributed by atoms with van der Waals surface area (Å²) in [5, 5.41) is 3.49. The van der Waals surface area contributed by atoms with Crippen LogP contribution in [0.5, 0.6) is 0 Å². The number of likely N-dealkylation sites (tertiary alicyclic amines) is 2. The van der Waals surface area contributed by atoms with Gasteiger partial charge in [0.1, 0.15) is 0 Å². The lowest BCUT2D eigenvalue weighted by molar-refractivity contribution is 0.0486. The van der Waals surface area contributed by atoms with Crippen molar-refractivity contribution in [3.8, 4) is 0 Å². The molecule has 25 heavy (non-hydrogen) atoms. The lowest BCUT2D eigenvalue weighted by Crippen LogP contribution is -2.42. The summed E-state index contributed by atoms with van der Waals surface area (Å²) in [5.74, 6) is 1.09. The monoisotopic (exact) mass is 350 g/mol. The maximum absolute atomic E-state index is 6.09. The molecular weight excluding hydrogens is 312 g/mol. The molecule has 1 saturated carbocycles. The Morgan fingerprint density at radius 1 is 1.00 bits per heavy atom. The molecule has 0 aromatic heterocycles. The fraction of sp³-hybridized carbons (Fsp3) is 0.950. The number of guanidine groups is 1. The Hall–Kier alpha value is -0.810. The van der Waals surface area contributed by atoms with Gasteiger partial charge in [0.25, 0.3) is 0 Å². The van der Waals surface area contributed by atoms with Gasteiger partial charge in [0.05, 0.1) is 19.3 Å². The average Bonchev–Trinajstić information content (AvgIpc) is 3.25. The highest BCUT2D eigenvalue weighted by Gasteiger charge is 2.30. The molecule has 2 aliphatic heterocycles. The van der Waals surface area contributed by atoms with Crippen molar-refractivity contribution in [2.45, 2.75) is 76.9 Å². The van der Waals surface area contributed by atoms with E-state index in [1.165, 1.54) is 70.9 Å². The van der Waals surface area contributed by atoms with Gasteiger partial charge in [0, 0.05) is 25.7 Å². The van der Waals surface area contributed by atoms with E-state index in [-0.39, 0.29) is 0 Å². The predicted octanol–water partition coefficient (Wildman–Crippen LogP) is 2.86. The van der Waals surface area contributed by atoms with Gasteiger partial charge in [-0.1, -0.05) is 25.7 Å². The summed E-state index contributed by atoms with van der Waals surface area (Å²) in [5.41, 5.74) is 0. The first-order valence-corrected chi connectivity index (χ1v) is 10.8. The van der Waals surface area contributed by atoms with Crippen LogP contribution in [0.1, 0.15) is 64.7 Å². The van der Waals surface area contributed by atoms with Gasteiger partial charge in [0.15, 0.2) is 5.96 Å². The third-order valence-electron chi connectivity index (χ3n) is 5.96. The van der Waals surface area contributed by atoms with Crippen LogP contribution < -0.4 is 5.32 Å². The second-order valence-electron chi connectivity index (χ2n) is 7.85. The molecule has 5 nitrogen and oxygen atoms in total. The van der Waals surface area contributed by atoms with Crippen molar-refractivity contribution in [2.75, 3.05) is 45.9 Å². The van der Waals surface area contributed by atoms with Gasteiger partial charge < -0.3 is 15.0 Å². The van der Waals surface area contributed by atoms with Crippen molar-refractivity contribution in [1.82, 2.24) is 15.1 Å². The van der Waals surface area contributed by atoms with Crippen molar-refractivity contribution in [3.05, 3.63) is 0 Å². The Kier molecular flexibility index (Phi) is 7.86. The zero-order chi connectivity index (χ0) is 17.3. The summed E-state index contributed by atoms with van der Waals surface area (Å²) in [6.45, 7) is 9.50. The zero-order valence-corrected chi connectivity index (χ0v) is 16.2. The summed E-state index contributed by atoms with van der Waals surface area (Å²) in [6.07, 6.45) is 12.4. The molecule has 3 aliphatic rings. The molecule has 0 radical (unpaired) electrons. The summed E-state index contributed by atoms with van der Waals surface area (Å²) in [6, 6.07) is 0.730. The lowest BCUT2D eigenvalue weighted by Gasteiger charge is -2.25. The fourth-order valence-electron chi connectivity index (χ4n) is 4.54. The number of rotatable bonds is 6. The van der Waals surface area contributed by atoms with Gasteiger partial charge in [-0.05, 0) is 52.1 Å². The molecule has 144 valence electrons. The first-order chi connectivity index (χ1) is 12.4. The lowest BCUT2D eigenvalue weighted by atomic mass is 10.1. The Morgan fingerprint density at radius 3 is 2.48 bits per heavy atom. The highest BCUT2D eigenvalue weighted by molar-refractivity contribution is 5.80. The van der Waals surface area contributed by atoms with Gasteiger partial charge in [-0.15, -0.1) is 0 Å². The van der Waals surface area contributed by atoms with Crippen LogP contribution in [0.25, 0.3) is 0 Å². The Bertz CT molecular complexity index is 401. The number of hydrogen-bond donors (Lipinski definition) is 1. The van der Waals surface area contributed by atoms with Crippen LogP contribution in [0.4, 0.5) is 0 Å². The van der Waals surface area contributed by atoms with Gasteiger partial charge in [-0.2, -0.15) is 0 Å². The van der Waals surface area contributed by atoms with Crippen LogP contribution in [0.15, 0.2) is 4.99 Å². The Morgan fingerprint density at radius 2 is 1.76 bits per heavy atom. The molecule has 3 fully saturated rings. The van der Waals surface area contributed by atoms with Crippen LogP contribution in [0, 0.1) is 0 Å². The molecule has 0 spiro atoms. The average molecular weight is 351 g/mol. The Labute approximate surface area is 154 Å². The van der Waals surface area contributed by atoms with Crippen molar-refractivity contribution in [3.63, 3.8) is 0 Å². The minimum atomic E-state index is 0.478. The van der Waals surface area contributed by atoms with Crippen molar-refractivity contribution >= 4 is 5.96 Å². The molecule has 1 aliphatic carbocycles. The molecule has 0 amide bonds. The smallest absolute Gasteiger partial charge is 0.194 e. The van der Waals surface area contributed by atoms with Crippen molar-refractivity contribution in [2.24, 2.45) is 4.99 Å². The molecule has 2 saturated heterocycles. The number of aliphatic imine (C=N–C) groups is 1. The topological polar surface area (TPSA) is 40.1 Å². The number of hydrogen-bond acceptors (Lipinski definition) is 3.